The topological polar surface area (TPSA) is 76.2 Å². The molecule has 0 aromatic heterocycles. The number of ether oxygens (including phenoxy) is 1. The van der Waals surface area contributed by atoms with Gasteiger partial charge in [-0.1, -0.05) is 6.08 Å². The van der Waals surface area contributed by atoms with E-state index in [1.54, 1.807) is 6.92 Å². The van der Waals surface area contributed by atoms with Gasteiger partial charge in [-0.25, -0.2) is 4.39 Å². The summed E-state index contributed by atoms with van der Waals surface area (Å²) in [6, 6.07) is 2.61. The number of Topliss-reactive ketones (excluding diaryl/α,β-unsaturated/α-hetero) is 1. The van der Waals surface area contributed by atoms with Gasteiger partial charge in [0.1, 0.15) is 17.4 Å². The third kappa shape index (κ3) is 2.40. The van der Waals surface area contributed by atoms with Crippen molar-refractivity contribution in [2.45, 2.75) is 13.8 Å². The number of nitrogens with two attached hydrogens (primary N) is 1. The molecule has 0 fully saturated rings. The van der Waals surface area contributed by atoms with Crippen molar-refractivity contribution in [3.8, 4) is 5.75 Å². The highest BCUT2D eigenvalue weighted by molar-refractivity contribution is 6.27. The number of methoxy groups -OCH3 is 1. The van der Waals surface area contributed by atoms with Gasteiger partial charge >= 0.3 is 0 Å². The summed E-state index contributed by atoms with van der Waals surface area (Å²) in [5.41, 5.74) is 5.63. The maximum Gasteiger partial charge on any atom is 0.200 e. The normalized spacial score (nSPS) is 11.2. The standard InChI is InChI=1S/C13H15FN2O2/c1-4-8(13(15)16)12(17)11-7(2)9(14)5-6-10(11)18-3/h4-6H,1-3H3,(H3,15,16)/b8-4-. The fraction of sp³-hybridized carbons (Fsp3) is 0.231. The molecule has 0 spiro atoms. The van der Waals surface area contributed by atoms with Crippen LogP contribution in [0.15, 0.2) is 23.8 Å². The summed E-state index contributed by atoms with van der Waals surface area (Å²) in [7, 11) is 1.40. The molecule has 0 aliphatic rings. The number of carbonyl (C=O) groups is 1. The summed E-state index contributed by atoms with van der Waals surface area (Å²) in [5.74, 6) is -1.11. The van der Waals surface area contributed by atoms with Gasteiger partial charge in [0, 0.05) is 0 Å². The van der Waals surface area contributed by atoms with E-state index in [2.05, 4.69) is 0 Å². The maximum atomic E-state index is 13.5. The van der Waals surface area contributed by atoms with Crippen LogP contribution in [-0.2, 0) is 0 Å². The summed E-state index contributed by atoms with van der Waals surface area (Å²) < 4.78 is 18.6. The molecule has 0 unspecified atom stereocenters. The first kappa shape index (κ1) is 13.9. The van der Waals surface area contributed by atoms with Gasteiger partial charge in [-0.15, -0.1) is 0 Å². The summed E-state index contributed by atoms with van der Waals surface area (Å²) in [5, 5.41) is 7.34. The number of hydrogen-bond acceptors (Lipinski definition) is 3. The molecule has 0 bridgehead atoms. The van der Waals surface area contributed by atoms with E-state index in [-0.39, 0.29) is 28.3 Å². The second-order valence-electron chi connectivity index (χ2n) is 3.69. The van der Waals surface area contributed by atoms with Crippen molar-refractivity contribution in [1.29, 1.82) is 5.41 Å². The maximum absolute atomic E-state index is 13.5. The van der Waals surface area contributed by atoms with Crippen LogP contribution in [0.4, 0.5) is 4.39 Å². The molecule has 5 heteroatoms. The van der Waals surface area contributed by atoms with Crippen LogP contribution in [0.25, 0.3) is 0 Å². The van der Waals surface area contributed by atoms with Crippen molar-refractivity contribution in [2.24, 2.45) is 5.73 Å². The lowest BCUT2D eigenvalue weighted by atomic mass is 9.97. The Bertz CT molecular complexity index is 536. The second kappa shape index (κ2) is 5.44. The Labute approximate surface area is 105 Å². The first-order valence-electron chi connectivity index (χ1n) is 5.32. The third-order valence-electron chi connectivity index (χ3n) is 2.63. The molecule has 18 heavy (non-hydrogen) atoms. The zero-order valence-corrected chi connectivity index (χ0v) is 10.5. The molecule has 4 nitrogen and oxygen atoms in total. The van der Waals surface area contributed by atoms with E-state index >= 15 is 0 Å². The van der Waals surface area contributed by atoms with Crippen LogP contribution in [0.2, 0.25) is 0 Å². The number of allylic oxidation sites excluding steroid dienone is 1. The number of amidine groups is 1. The first-order valence-corrected chi connectivity index (χ1v) is 5.32. The highest BCUT2D eigenvalue weighted by Gasteiger charge is 2.22. The Kier molecular flexibility index (Phi) is 4.20. The predicted molar refractivity (Wildman–Crippen MR) is 67.7 cm³/mol. The zero-order valence-electron chi connectivity index (χ0n) is 10.5. The molecule has 0 saturated heterocycles. The van der Waals surface area contributed by atoms with Crippen LogP contribution < -0.4 is 10.5 Å². The number of hydrogen-bond donors (Lipinski definition) is 2. The third-order valence-corrected chi connectivity index (χ3v) is 2.63. The van der Waals surface area contributed by atoms with Gasteiger partial charge in [-0.2, -0.15) is 0 Å². The van der Waals surface area contributed by atoms with Crippen molar-refractivity contribution in [1.82, 2.24) is 0 Å². The Morgan fingerprint density at radius 2 is 2.11 bits per heavy atom. The van der Waals surface area contributed by atoms with Gasteiger partial charge < -0.3 is 10.5 Å². The number of nitrogens with one attached hydrogen (secondary N) is 1. The van der Waals surface area contributed by atoms with Crippen LogP contribution in [0.3, 0.4) is 0 Å². The van der Waals surface area contributed by atoms with Crippen molar-refractivity contribution in [3.05, 3.63) is 40.7 Å². The Morgan fingerprint density at radius 3 is 2.56 bits per heavy atom. The van der Waals surface area contributed by atoms with Crippen LogP contribution in [0.5, 0.6) is 5.75 Å². The number of rotatable bonds is 4. The number of carbonyl (C=O) groups excluding carboxylic acids is 1. The first-order chi connectivity index (χ1) is 8.43. The fourth-order valence-corrected chi connectivity index (χ4v) is 1.66. The molecular formula is C13H15FN2O2. The summed E-state index contributed by atoms with van der Waals surface area (Å²) >= 11 is 0. The zero-order chi connectivity index (χ0) is 13.9. The average molecular weight is 250 g/mol. The lowest BCUT2D eigenvalue weighted by molar-refractivity contribution is 0.103. The Morgan fingerprint density at radius 1 is 1.50 bits per heavy atom. The quantitative estimate of drug-likeness (QED) is 0.372. The van der Waals surface area contributed by atoms with E-state index in [1.807, 2.05) is 0 Å². The number of benzene rings is 1. The highest BCUT2D eigenvalue weighted by atomic mass is 19.1. The molecule has 0 atom stereocenters. The predicted octanol–water partition coefficient (Wildman–Crippen LogP) is 2.21. The minimum atomic E-state index is -0.515. The molecule has 0 heterocycles. The van der Waals surface area contributed by atoms with E-state index in [4.69, 9.17) is 15.9 Å². The molecule has 0 amide bonds. The second-order valence-corrected chi connectivity index (χ2v) is 3.69. The monoisotopic (exact) mass is 250 g/mol. The van der Waals surface area contributed by atoms with Gasteiger partial charge in [-0.05, 0) is 31.5 Å². The van der Waals surface area contributed by atoms with Gasteiger partial charge in [-0.3, -0.25) is 10.2 Å². The molecule has 0 saturated carbocycles. The summed E-state index contributed by atoms with van der Waals surface area (Å²) in [4.78, 5) is 12.2. The highest BCUT2D eigenvalue weighted by Crippen LogP contribution is 2.26. The minimum absolute atomic E-state index is 0.0296. The van der Waals surface area contributed by atoms with E-state index in [0.29, 0.717) is 0 Å². The van der Waals surface area contributed by atoms with Gasteiger partial charge in [0.05, 0.1) is 18.2 Å². The molecule has 1 aromatic rings. The van der Waals surface area contributed by atoms with Crippen molar-refractivity contribution < 1.29 is 13.9 Å². The average Bonchev–Trinajstić information content (AvgIpc) is 2.32. The van der Waals surface area contributed by atoms with Crippen LogP contribution in [0.1, 0.15) is 22.8 Å². The number of halogens is 1. The SMILES string of the molecule is C/C=C(\C(=N)N)C(=O)c1c(OC)ccc(F)c1C. The molecule has 1 rings (SSSR count). The molecule has 0 aliphatic heterocycles. The van der Waals surface area contributed by atoms with Crippen molar-refractivity contribution in [2.75, 3.05) is 7.11 Å². The van der Waals surface area contributed by atoms with Crippen molar-refractivity contribution in [3.63, 3.8) is 0 Å². The van der Waals surface area contributed by atoms with E-state index in [9.17, 15) is 9.18 Å². The molecule has 0 radical (unpaired) electrons. The van der Waals surface area contributed by atoms with Gasteiger partial charge in [0.15, 0.2) is 5.78 Å². The van der Waals surface area contributed by atoms with E-state index < -0.39 is 11.6 Å². The Hall–Kier alpha value is -2.17. The molecule has 1 aromatic carbocycles. The minimum Gasteiger partial charge on any atom is -0.496 e. The molecule has 96 valence electrons. The fourth-order valence-electron chi connectivity index (χ4n) is 1.66. The summed E-state index contributed by atoms with van der Waals surface area (Å²) in [6.07, 6.45) is 1.43. The molecular weight excluding hydrogens is 235 g/mol. The Balaban J connectivity index is 3.45. The molecule has 3 N–H and O–H groups in total. The van der Waals surface area contributed by atoms with Crippen LogP contribution >= 0.6 is 0 Å². The largest absolute Gasteiger partial charge is 0.496 e. The van der Waals surface area contributed by atoms with E-state index in [0.717, 1.165) is 0 Å². The van der Waals surface area contributed by atoms with Crippen molar-refractivity contribution >= 4 is 11.6 Å². The van der Waals surface area contributed by atoms with Gasteiger partial charge in [0.25, 0.3) is 0 Å². The lowest BCUT2D eigenvalue weighted by Gasteiger charge is -2.12. The van der Waals surface area contributed by atoms with Gasteiger partial charge in [0.2, 0.25) is 0 Å². The van der Waals surface area contributed by atoms with E-state index in [1.165, 1.54) is 32.2 Å². The number of ketones is 1. The van der Waals surface area contributed by atoms with Crippen LogP contribution in [0, 0.1) is 18.2 Å². The molecule has 0 aliphatic carbocycles. The smallest absolute Gasteiger partial charge is 0.200 e. The summed E-state index contributed by atoms with van der Waals surface area (Å²) in [6.45, 7) is 3.08. The van der Waals surface area contributed by atoms with Crippen LogP contribution in [-0.4, -0.2) is 18.7 Å². The lowest BCUT2D eigenvalue weighted by Crippen LogP contribution is -2.21.